The number of carbonyl (C=O) groups is 1. The predicted octanol–water partition coefficient (Wildman–Crippen LogP) is 6.71. The van der Waals surface area contributed by atoms with Crippen molar-refractivity contribution >= 4 is 17.5 Å². The lowest BCUT2D eigenvalue weighted by Gasteiger charge is -2.25. The highest BCUT2D eigenvalue weighted by molar-refractivity contribution is 8.00. The number of fused-ring (bicyclic) bond motifs is 1. The molecule has 0 radical (unpaired) electrons. The molecule has 27 heavy (non-hydrogen) atoms. The summed E-state index contributed by atoms with van der Waals surface area (Å²) in [6.45, 7) is 8.46. The van der Waals surface area contributed by atoms with E-state index in [1.54, 1.807) is 11.8 Å². The average molecular weight is 387 g/mol. The highest BCUT2D eigenvalue weighted by Crippen LogP contribution is 2.56. The lowest BCUT2D eigenvalue weighted by atomic mass is 9.89. The van der Waals surface area contributed by atoms with Crippen molar-refractivity contribution in [3.63, 3.8) is 0 Å². The fourth-order valence-electron chi connectivity index (χ4n) is 3.62. The number of benzene rings is 1. The summed E-state index contributed by atoms with van der Waals surface area (Å²) in [6.07, 6.45) is 11.3. The molecule has 1 aromatic rings. The molecule has 148 valence electrons. The molecule has 2 nitrogen and oxygen atoms in total. The van der Waals surface area contributed by atoms with Gasteiger partial charge in [0.2, 0.25) is 0 Å². The van der Waals surface area contributed by atoms with Crippen molar-refractivity contribution in [1.29, 1.82) is 0 Å². The van der Waals surface area contributed by atoms with E-state index < -0.39 is 4.93 Å². The van der Waals surface area contributed by atoms with Crippen LogP contribution in [-0.2, 0) is 9.73 Å². The molecule has 0 aromatic heterocycles. The second kappa shape index (κ2) is 10.3. The number of rotatable bonds is 10. The first-order valence-electron chi connectivity index (χ1n) is 10.4. The zero-order valence-electron chi connectivity index (χ0n) is 17.2. The second-order valence-corrected chi connectivity index (χ2v) is 8.97. The van der Waals surface area contributed by atoms with Gasteiger partial charge in [-0.05, 0) is 41.9 Å². The molecule has 0 spiro atoms. The molecule has 0 aliphatic carbocycles. The zero-order valence-corrected chi connectivity index (χ0v) is 18.0. The summed E-state index contributed by atoms with van der Waals surface area (Å²) in [5.74, 6) is 0.256. The standard InChI is InChI=1S/C24H34O2S/c1-5-8-10-13-19(18(4)7-3)22(25)17-24(26)21-15-12-11-14-20(21)23(27-24)16-9-6-2/h8,10-15,18,23,26H,5-7,9,16-17H2,1-4H3. The van der Waals surface area contributed by atoms with E-state index in [-0.39, 0.29) is 23.4 Å². The summed E-state index contributed by atoms with van der Waals surface area (Å²) >= 11 is 1.56. The first-order valence-corrected chi connectivity index (χ1v) is 11.2. The summed E-state index contributed by atoms with van der Waals surface area (Å²) in [5, 5.41) is 11.7. The molecule has 0 saturated heterocycles. The van der Waals surface area contributed by atoms with Crippen molar-refractivity contribution < 1.29 is 9.90 Å². The van der Waals surface area contributed by atoms with Gasteiger partial charge in [-0.2, -0.15) is 0 Å². The van der Waals surface area contributed by atoms with Crippen LogP contribution in [0, 0.1) is 5.92 Å². The number of unbranched alkanes of at least 4 members (excludes halogenated alkanes) is 1. The van der Waals surface area contributed by atoms with Gasteiger partial charge in [-0.1, -0.05) is 83.0 Å². The molecule has 1 aromatic carbocycles. The van der Waals surface area contributed by atoms with Crippen molar-refractivity contribution in [3.8, 4) is 0 Å². The Hall–Kier alpha value is -1.32. The molecule has 1 N–H and O–H groups in total. The maximum absolute atomic E-state index is 13.2. The van der Waals surface area contributed by atoms with Gasteiger partial charge in [-0.15, -0.1) is 11.8 Å². The summed E-state index contributed by atoms with van der Waals surface area (Å²) in [5.41, 5.74) is 2.95. The Morgan fingerprint density at radius 2 is 2.04 bits per heavy atom. The third-order valence-corrected chi connectivity index (χ3v) is 6.93. The first kappa shape index (κ1) is 22.0. The van der Waals surface area contributed by atoms with Gasteiger partial charge in [0.1, 0.15) is 4.93 Å². The van der Waals surface area contributed by atoms with Crippen LogP contribution in [0.1, 0.15) is 82.6 Å². The third kappa shape index (κ3) is 5.36. The molecule has 1 aliphatic rings. The Labute approximate surface area is 169 Å². The minimum atomic E-state index is -1.12. The Kier molecular flexibility index (Phi) is 8.37. The fraction of sp³-hybridized carbons (Fsp3) is 0.542. The van der Waals surface area contributed by atoms with Gasteiger partial charge in [-0.25, -0.2) is 0 Å². The maximum Gasteiger partial charge on any atom is 0.163 e. The van der Waals surface area contributed by atoms with E-state index in [4.69, 9.17) is 0 Å². The van der Waals surface area contributed by atoms with Gasteiger partial charge >= 0.3 is 0 Å². The monoisotopic (exact) mass is 386 g/mol. The molecule has 3 atom stereocenters. The van der Waals surface area contributed by atoms with E-state index in [1.807, 2.05) is 30.4 Å². The van der Waals surface area contributed by atoms with E-state index in [0.29, 0.717) is 0 Å². The smallest absolute Gasteiger partial charge is 0.163 e. The number of aliphatic hydroxyl groups is 1. The molecule has 3 unspecified atom stereocenters. The van der Waals surface area contributed by atoms with E-state index in [1.165, 1.54) is 5.56 Å². The Morgan fingerprint density at radius 1 is 1.30 bits per heavy atom. The molecule has 1 heterocycles. The Morgan fingerprint density at radius 3 is 2.70 bits per heavy atom. The number of hydrogen-bond acceptors (Lipinski definition) is 3. The Bertz CT molecular complexity index is 691. The number of thioether (sulfide) groups is 1. The van der Waals surface area contributed by atoms with Crippen molar-refractivity contribution in [2.24, 2.45) is 5.92 Å². The van der Waals surface area contributed by atoms with Crippen LogP contribution in [0.15, 0.2) is 48.1 Å². The Balaban J connectivity index is 2.27. The average Bonchev–Trinajstić information content (AvgIpc) is 2.95. The SMILES string of the molecule is CCC=CC=C(C(=O)CC1(O)SC(CCCC)c2ccccc21)C(C)CC. The molecule has 0 fully saturated rings. The van der Waals surface area contributed by atoms with Crippen LogP contribution in [0.2, 0.25) is 0 Å². The van der Waals surface area contributed by atoms with Crippen LogP contribution in [0.4, 0.5) is 0 Å². The quantitative estimate of drug-likeness (QED) is 0.359. The highest BCUT2D eigenvalue weighted by atomic mass is 32.2. The molecule has 2 rings (SSSR count). The minimum Gasteiger partial charge on any atom is -0.375 e. The fourth-order valence-corrected chi connectivity index (χ4v) is 5.23. The predicted molar refractivity (Wildman–Crippen MR) is 117 cm³/mol. The number of ketones is 1. The van der Waals surface area contributed by atoms with Gasteiger partial charge < -0.3 is 5.11 Å². The lowest BCUT2D eigenvalue weighted by Crippen LogP contribution is -2.25. The van der Waals surface area contributed by atoms with E-state index >= 15 is 0 Å². The van der Waals surface area contributed by atoms with Gasteiger partial charge in [0, 0.05) is 5.25 Å². The molecular formula is C24H34O2S. The van der Waals surface area contributed by atoms with Crippen LogP contribution in [0.5, 0.6) is 0 Å². The number of hydrogen-bond donors (Lipinski definition) is 1. The van der Waals surface area contributed by atoms with Crippen molar-refractivity contribution in [3.05, 3.63) is 59.2 Å². The van der Waals surface area contributed by atoms with Gasteiger partial charge in [0.25, 0.3) is 0 Å². The van der Waals surface area contributed by atoms with E-state index in [9.17, 15) is 9.90 Å². The zero-order chi connectivity index (χ0) is 19.9. The lowest BCUT2D eigenvalue weighted by molar-refractivity contribution is -0.118. The highest BCUT2D eigenvalue weighted by Gasteiger charge is 2.44. The van der Waals surface area contributed by atoms with Crippen LogP contribution in [0.25, 0.3) is 0 Å². The number of Topliss-reactive ketones (excluding diaryl/α,β-unsaturated/α-hetero) is 1. The normalized spacial score (nSPS) is 23.6. The van der Waals surface area contributed by atoms with Crippen molar-refractivity contribution in [2.75, 3.05) is 0 Å². The molecular weight excluding hydrogens is 352 g/mol. The van der Waals surface area contributed by atoms with Crippen LogP contribution < -0.4 is 0 Å². The van der Waals surface area contributed by atoms with Gasteiger partial charge in [0.15, 0.2) is 5.78 Å². The van der Waals surface area contributed by atoms with Gasteiger partial charge in [0.05, 0.1) is 6.42 Å². The molecule has 0 saturated carbocycles. The van der Waals surface area contributed by atoms with Crippen LogP contribution >= 0.6 is 11.8 Å². The topological polar surface area (TPSA) is 37.3 Å². The maximum atomic E-state index is 13.2. The largest absolute Gasteiger partial charge is 0.375 e. The number of carbonyl (C=O) groups excluding carboxylic acids is 1. The summed E-state index contributed by atoms with van der Waals surface area (Å²) in [6, 6.07) is 8.10. The third-order valence-electron chi connectivity index (χ3n) is 5.40. The number of allylic oxidation sites excluding steroid dienone is 4. The van der Waals surface area contributed by atoms with E-state index in [0.717, 1.165) is 43.2 Å². The van der Waals surface area contributed by atoms with Gasteiger partial charge in [-0.3, -0.25) is 4.79 Å². The minimum absolute atomic E-state index is 0.0612. The van der Waals surface area contributed by atoms with Crippen LogP contribution in [-0.4, -0.2) is 10.9 Å². The molecule has 0 bridgehead atoms. The summed E-state index contributed by atoms with van der Waals surface area (Å²) < 4.78 is 0. The van der Waals surface area contributed by atoms with Crippen molar-refractivity contribution in [2.45, 2.75) is 76.4 Å². The molecule has 1 aliphatic heterocycles. The molecule has 0 amide bonds. The second-order valence-electron chi connectivity index (χ2n) is 7.49. The van der Waals surface area contributed by atoms with Crippen molar-refractivity contribution in [1.82, 2.24) is 0 Å². The van der Waals surface area contributed by atoms with E-state index in [2.05, 4.69) is 39.8 Å². The summed E-state index contributed by atoms with van der Waals surface area (Å²) in [4.78, 5) is 12.0. The molecule has 3 heteroatoms. The first-order chi connectivity index (χ1) is 13.0. The van der Waals surface area contributed by atoms with Crippen LogP contribution in [0.3, 0.4) is 0 Å². The summed E-state index contributed by atoms with van der Waals surface area (Å²) in [7, 11) is 0.